The lowest BCUT2D eigenvalue weighted by Crippen LogP contribution is -2.26. The number of carbonyl (C=O) groups excluding carboxylic acids is 1. The van der Waals surface area contributed by atoms with Gasteiger partial charge in [-0.1, -0.05) is 6.07 Å². The zero-order valence-corrected chi connectivity index (χ0v) is 16.5. The van der Waals surface area contributed by atoms with Crippen LogP contribution >= 0.6 is 0 Å². The van der Waals surface area contributed by atoms with E-state index in [9.17, 15) is 10.1 Å². The smallest absolute Gasteiger partial charge is 0.241 e. The van der Waals surface area contributed by atoms with Gasteiger partial charge in [0, 0.05) is 31.5 Å². The minimum absolute atomic E-state index is 0.0440. The molecule has 0 unspecified atom stereocenters. The third kappa shape index (κ3) is 3.47. The Morgan fingerprint density at radius 3 is 2.90 bits per heavy atom. The Balaban J connectivity index is 1.75. The summed E-state index contributed by atoms with van der Waals surface area (Å²) in [5.74, 6) is 1.08. The molecule has 1 aromatic carbocycles. The van der Waals surface area contributed by atoms with Gasteiger partial charge >= 0.3 is 0 Å². The molecule has 0 spiro atoms. The van der Waals surface area contributed by atoms with Gasteiger partial charge in [-0.25, -0.2) is 9.97 Å². The number of ether oxygens (including phenoxy) is 2. The number of fused-ring (bicyclic) bond motifs is 1. The number of pyridine rings is 1. The molecule has 1 fully saturated rings. The molecule has 0 bridgehead atoms. The minimum Gasteiger partial charge on any atom is -0.495 e. The van der Waals surface area contributed by atoms with Crippen molar-refractivity contribution in [2.75, 3.05) is 13.7 Å². The van der Waals surface area contributed by atoms with Crippen molar-refractivity contribution >= 4 is 16.9 Å². The number of aryl methyl sites for hydroxylation is 1. The van der Waals surface area contributed by atoms with Crippen molar-refractivity contribution in [1.29, 1.82) is 5.26 Å². The molecule has 3 aromatic rings. The molecular weight excluding hydrogens is 370 g/mol. The van der Waals surface area contributed by atoms with E-state index in [1.165, 1.54) is 7.11 Å². The number of hydrogen-bond acceptors (Lipinski definition) is 6. The van der Waals surface area contributed by atoms with E-state index in [0.29, 0.717) is 35.9 Å². The monoisotopic (exact) mass is 391 g/mol. The molecule has 1 N–H and O–H groups in total. The van der Waals surface area contributed by atoms with E-state index < -0.39 is 0 Å². The van der Waals surface area contributed by atoms with E-state index >= 15 is 0 Å². The van der Waals surface area contributed by atoms with Crippen molar-refractivity contribution in [2.24, 2.45) is 13.0 Å². The van der Waals surface area contributed by atoms with Gasteiger partial charge in [-0.3, -0.25) is 4.79 Å². The van der Waals surface area contributed by atoms with Gasteiger partial charge < -0.3 is 19.4 Å². The Bertz CT molecular complexity index is 1130. The van der Waals surface area contributed by atoms with Crippen molar-refractivity contribution in [3.05, 3.63) is 36.2 Å². The van der Waals surface area contributed by atoms with Crippen molar-refractivity contribution in [2.45, 2.75) is 19.4 Å². The van der Waals surface area contributed by atoms with Gasteiger partial charge in [-0.2, -0.15) is 5.26 Å². The normalized spacial score (nSPS) is 17.0. The van der Waals surface area contributed by atoms with Crippen LogP contribution in [0, 0.1) is 17.2 Å². The van der Waals surface area contributed by atoms with Crippen LogP contribution in [0.25, 0.3) is 22.3 Å². The first-order valence-corrected chi connectivity index (χ1v) is 9.34. The predicted octanol–water partition coefficient (Wildman–Crippen LogP) is 2.42. The van der Waals surface area contributed by atoms with Crippen LogP contribution in [0.4, 0.5) is 0 Å². The maximum atomic E-state index is 11.6. The summed E-state index contributed by atoms with van der Waals surface area (Å²) < 4.78 is 13.4. The van der Waals surface area contributed by atoms with Gasteiger partial charge in [0.2, 0.25) is 11.8 Å². The Morgan fingerprint density at radius 2 is 2.21 bits per heavy atom. The van der Waals surface area contributed by atoms with E-state index in [-0.39, 0.29) is 17.9 Å². The highest BCUT2D eigenvalue weighted by atomic mass is 16.5. The number of amides is 1. The molecule has 2 aromatic heterocycles. The summed E-state index contributed by atoms with van der Waals surface area (Å²) in [6.07, 6.45) is 1.97. The molecule has 1 saturated heterocycles. The fourth-order valence-corrected chi connectivity index (χ4v) is 3.54. The maximum Gasteiger partial charge on any atom is 0.241 e. The van der Waals surface area contributed by atoms with Gasteiger partial charge in [-0.05, 0) is 25.1 Å². The highest BCUT2D eigenvalue weighted by Crippen LogP contribution is 2.32. The quantitative estimate of drug-likeness (QED) is 0.717. The van der Waals surface area contributed by atoms with Crippen molar-refractivity contribution < 1.29 is 14.3 Å². The molecule has 1 aliphatic heterocycles. The van der Waals surface area contributed by atoms with Crippen LogP contribution in [0.3, 0.4) is 0 Å². The lowest BCUT2D eigenvalue weighted by Gasteiger charge is -2.20. The Hall–Kier alpha value is -3.60. The fourth-order valence-electron chi connectivity index (χ4n) is 3.54. The largest absolute Gasteiger partial charge is 0.495 e. The molecule has 8 heteroatoms. The molecule has 4 rings (SSSR count). The highest BCUT2D eigenvalue weighted by Gasteiger charge is 2.29. The maximum absolute atomic E-state index is 11.6. The molecule has 29 heavy (non-hydrogen) atoms. The van der Waals surface area contributed by atoms with E-state index in [2.05, 4.69) is 16.4 Å². The zero-order valence-electron chi connectivity index (χ0n) is 16.5. The number of hydrogen-bond donors (Lipinski definition) is 1. The second kappa shape index (κ2) is 7.43. The van der Waals surface area contributed by atoms with Crippen LogP contribution in [-0.2, 0) is 11.8 Å². The van der Waals surface area contributed by atoms with Gasteiger partial charge in [0.1, 0.15) is 23.4 Å². The number of nitrogens with one attached hydrogen (secondary N) is 1. The summed E-state index contributed by atoms with van der Waals surface area (Å²) in [6.45, 7) is 2.55. The molecule has 148 valence electrons. The average molecular weight is 391 g/mol. The van der Waals surface area contributed by atoms with E-state index in [4.69, 9.17) is 14.5 Å². The average Bonchev–Trinajstić information content (AvgIpc) is 3.33. The Kier molecular flexibility index (Phi) is 4.80. The number of nitrogens with zero attached hydrogens (tertiary/aromatic N) is 4. The van der Waals surface area contributed by atoms with Crippen LogP contribution in [0.15, 0.2) is 30.6 Å². The molecular formula is C21H21N5O3. The van der Waals surface area contributed by atoms with Gasteiger partial charge in [0.05, 0.1) is 30.2 Å². The molecule has 1 amide bonds. The van der Waals surface area contributed by atoms with E-state index in [0.717, 1.165) is 16.6 Å². The second-order valence-electron chi connectivity index (χ2n) is 7.15. The van der Waals surface area contributed by atoms with E-state index in [1.54, 1.807) is 18.5 Å². The third-order valence-electron chi connectivity index (χ3n) is 5.25. The van der Waals surface area contributed by atoms with Crippen LogP contribution in [-0.4, -0.2) is 40.2 Å². The Labute approximate surface area is 168 Å². The SMILES string of the molecule is COc1cc(-c2cc3ncn(C)c3c(O[C@H](C)[C@H]3CNC(=O)C3)n2)ccc1C#N. The summed E-state index contributed by atoms with van der Waals surface area (Å²) in [5, 5.41) is 12.1. The summed E-state index contributed by atoms with van der Waals surface area (Å²) in [4.78, 5) is 20.7. The topological polar surface area (TPSA) is 102 Å². The molecule has 0 saturated carbocycles. The first-order chi connectivity index (χ1) is 14.0. The lowest BCUT2D eigenvalue weighted by molar-refractivity contribution is -0.119. The molecule has 3 heterocycles. The van der Waals surface area contributed by atoms with Crippen LogP contribution in [0.1, 0.15) is 18.9 Å². The fraction of sp³-hybridized carbons (Fsp3) is 0.333. The summed E-state index contributed by atoms with van der Waals surface area (Å²) in [6, 6.07) is 9.30. The molecule has 0 aliphatic carbocycles. The lowest BCUT2D eigenvalue weighted by atomic mass is 10.0. The van der Waals surface area contributed by atoms with E-state index in [1.807, 2.05) is 30.7 Å². The predicted molar refractivity (Wildman–Crippen MR) is 106 cm³/mol. The number of benzene rings is 1. The molecule has 1 aliphatic rings. The third-order valence-corrected chi connectivity index (χ3v) is 5.25. The second-order valence-corrected chi connectivity index (χ2v) is 7.15. The molecule has 8 nitrogen and oxygen atoms in total. The van der Waals surface area contributed by atoms with Crippen molar-refractivity contribution in [3.8, 4) is 29.0 Å². The number of nitriles is 1. The zero-order chi connectivity index (χ0) is 20.5. The minimum atomic E-state index is -0.190. The van der Waals surface area contributed by atoms with Crippen LogP contribution < -0.4 is 14.8 Å². The van der Waals surface area contributed by atoms with Gasteiger partial charge in [-0.15, -0.1) is 0 Å². The number of rotatable bonds is 5. The standard InChI is InChI=1S/C21H21N5O3/c1-12(15-7-19(27)23-10-15)29-21-20-17(24-11-26(20)2)8-16(25-21)13-4-5-14(9-22)18(6-13)28-3/h4-6,8,11-12,15H,7,10H2,1-3H3,(H,23,27)/t12-,15-/m1/s1. The molecule has 2 atom stereocenters. The number of methoxy groups -OCH3 is 1. The highest BCUT2D eigenvalue weighted by molar-refractivity contribution is 5.85. The summed E-state index contributed by atoms with van der Waals surface area (Å²) >= 11 is 0. The number of aromatic nitrogens is 3. The van der Waals surface area contributed by atoms with Crippen LogP contribution in [0.5, 0.6) is 11.6 Å². The number of carbonyl (C=O) groups is 1. The number of imidazole rings is 1. The summed E-state index contributed by atoms with van der Waals surface area (Å²) in [5.41, 5.74) is 3.46. The Morgan fingerprint density at radius 1 is 1.38 bits per heavy atom. The van der Waals surface area contributed by atoms with Crippen molar-refractivity contribution in [3.63, 3.8) is 0 Å². The van der Waals surface area contributed by atoms with Gasteiger partial charge in [0.15, 0.2) is 0 Å². The van der Waals surface area contributed by atoms with Crippen molar-refractivity contribution in [1.82, 2.24) is 19.9 Å². The summed E-state index contributed by atoms with van der Waals surface area (Å²) in [7, 11) is 3.42. The van der Waals surface area contributed by atoms with Gasteiger partial charge in [0.25, 0.3) is 0 Å². The molecule has 0 radical (unpaired) electrons. The first-order valence-electron chi connectivity index (χ1n) is 9.34. The first kappa shape index (κ1) is 18.7. The van der Waals surface area contributed by atoms with Crippen LogP contribution in [0.2, 0.25) is 0 Å².